The van der Waals surface area contributed by atoms with Gasteiger partial charge in [-0.2, -0.15) is 0 Å². The van der Waals surface area contributed by atoms with Crippen LogP contribution in [0.15, 0.2) is 22.8 Å². The molecule has 4 heteroatoms. The van der Waals surface area contributed by atoms with Gasteiger partial charge < -0.3 is 19.2 Å². The van der Waals surface area contributed by atoms with Gasteiger partial charge in [-0.25, -0.2) is 0 Å². The Morgan fingerprint density at radius 2 is 2.40 bits per heavy atom. The molecule has 0 saturated carbocycles. The summed E-state index contributed by atoms with van der Waals surface area (Å²) in [6.45, 7) is 4.88. The highest BCUT2D eigenvalue weighted by atomic mass is 16.5. The Bertz CT molecular complexity index is 236. The Balaban J connectivity index is 2.24. The summed E-state index contributed by atoms with van der Waals surface area (Å²) in [6.07, 6.45) is 1.72. The number of methoxy groups -OCH3 is 1. The van der Waals surface area contributed by atoms with Crippen molar-refractivity contribution in [2.45, 2.75) is 19.6 Å². The molecule has 0 bridgehead atoms. The Labute approximate surface area is 90.6 Å². The molecular weight excluding hydrogens is 194 g/mol. The summed E-state index contributed by atoms with van der Waals surface area (Å²) in [7, 11) is 1.68. The van der Waals surface area contributed by atoms with Gasteiger partial charge in [0.2, 0.25) is 0 Å². The third kappa shape index (κ3) is 4.97. The zero-order valence-electron chi connectivity index (χ0n) is 9.36. The molecule has 0 amide bonds. The highest BCUT2D eigenvalue weighted by Gasteiger charge is 2.08. The number of nitrogens with one attached hydrogen (secondary N) is 1. The molecule has 1 aromatic heterocycles. The maximum Gasteiger partial charge on any atom is 0.129 e. The highest BCUT2D eigenvalue weighted by molar-refractivity contribution is 4.96. The summed E-state index contributed by atoms with van der Waals surface area (Å²) < 4.78 is 15.9. The van der Waals surface area contributed by atoms with E-state index in [4.69, 9.17) is 13.9 Å². The van der Waals surface area contributed by atoms with Crippen molar-refractivity contribution >= 4 is 0 Å². The Kier molecular flexibility index (Phi) is 6.08. The van der Waals surface area contributed by atoms with Gasteiger partial charge in [0.25, 0.3) is 0 Å². The van der Waals surface area contributed by atoms with Crippen LogP contribution in [0.3, 0.4) is 0 Å². The molecule has 1 unspecified atom stereocenters. The molecule has 86 valence electrons. The van der Waals surface area contributed by atoms with E-state index in [9.17, 15) is 0 Å². The molecule has 1 aromatic rings. The molecule has 0 radical (unpaired) electrons. The summed E-state index contributed by atoms with van der Waals surface area (Å²) in [5.41, 5.74) is 0. The van der Waals surface area contributed by atoms with Crippen molar-refractivity contribution < 1.29 is 13.9 Å². The first kappa shape index (κ1) is 12.2. The lowest BCUT2D eigenvalue weighted by Gasteiger charge is -2.16. The van der Waals surface area contributed by atoms with Gasteiger partial charge in [-0.15, -0.1) is 0 Å². The molecule has 0 fully saturated rings. The Hall–Kier alpha value is -0.840. The lowest BCUT2D eigenvalue weighted by atomic mass is 10.3. The summed E-state index contributed by atoms with van der Waals surface area (Å²) in [5.74, 6) is 0.840. The number of ether oxygens (including phenoxy) is 2. The van der Waals surface area contributed by atoms with Crippen LogP contribution in [-0.2, 0) is 16.1 Å². The molecule has 15 heavy (non-hydrogen) atoms. The Morgan fingerprint density at radius 3 is 3.00 bits per heavy atom. The monoisotopic (exact) mass is 213 g/mol. The van der Waals surface area contributed by atoms with Gasteiger partial charge in [-0.3, -0.25) is 0 Å². The van der Waals surface area contributed by atoms with Crippen molar-refractivity contribution in [3.05, 3.63) is 24.2 Å². The minimum Gasteiger partial charge on any atom is -0.467 e. The standard InChI is InChI=1S/C11H19NO3/c1-3-12-7-11(8-13-2)15-9-10-5-4-6-14-10/h4-6,11-12H,3,7-9H2,1-2H3. The van der Waals surface area contributed by atoms with E-state index in [0.29, 0.717) is 13.2 Å². The number of hydrogen-bond donors (Lipinski definition) is 1. The topological polar surface area (TPSA) is 43.6 Å². The van der Waals surface area contributed by atoms with Gasteiger partial charge in [0.05, 0.1) is 19.0 Å². The fourth-order valence-corrected chi connectivity index (χ4v) is 1.25. The normalized spacial score (nSPS) is 12.9. The Morgan fingerprint density at radius 1 is 1.53 bits per heavy atom. The fourth-order valence-electron chi connectivity index (χ4n) is 1.25. The first-order chi connectivity index (χ1) is 7.36. The summed E-state index contributed by atoms with van der Waals surface area (Å²) in [4.78, 5) is 0. The van der Waals surface area contributed by atoms with Gasteiger partial charge in [0.1, 0.15) is 12.4 Å². The van der Waals surface area contributed by atoms with Crippen LogP contribution < -0.4 is 5.32 Å². The maximum atomic E-state index is 5.65. The second-order valence-electron chi connectivity index (χ2n) is 3.28. The molecule has 1 rings (SSSR count). The summed E-state index contributed by atoms with van der Waals surface area (Å²) in [5, 5.41) is 3.23. The predicted octanol–water partition coefficient (Wildman–Crippen LogP) is 1.42. The molecule has 1 heterocycles. The lowest BCUT2D eigenvalue weighted by Crippen LogP contribution is -2.32. The molecular formula is C11H19NO3. The molecule has 0 aliphatic heterocycles. The lowest BCUT2D eigenvalue weighted by molar-refractivity contribution is -0.0157. The molecule has 0 aliphatic carbocycles. The van der Waals surface area contributed by atoms with E-state index < -0.39 is 0 Å². The van der Waals surface area contributed by atoms with Crippen LogP contribution in [0.4, 0.5) is 0 Å². The largest absolute Gasteiger partial charge is 0.467 e. The first-order valence-corrected chi connectivity index (χ1v) is 5.20. The number of furan rings is 1. The van der Waals surface area contributed by atoms with Gasteiger partial charge in [-0.1, -0.05) is 6.92 Å². The fraction of sp³-hybridized carbons (Fsp3) is 0.636. The van der Waals surface area contributed by atoms with Gasteiger partial charge >= 0.3 is 0 Å². The number of likely N-dealkylation sites (N-methyl/N-ethyl adjacent to an activating group) is 1. The van der Waals surface area contributed by atoms with Crippen LogP contribution in [-0.4, -0.2) is 32.9 Å². The smallest absolute Gasteiger partial charge is 0.129 e. The van der Waals surface area contributed by atoms with Gasteiger partial charge in [0.15, 0.2) is 0 Å². The van der Waals surface area contributed by atoms with Crippen molar-refractivity contribution in [2.24, 2.45) is 0 Å². The predicted molar refractivity (Wildman–Crippen MR) is 57.7 cm³/mol. The van der Waals surface area contributed by atoms with Crippen molar-refractivity contribution in [1.29, 1.82) is 0 Å². The van der Waals surface area contributed by atoms with Crippen molar-refractivity contribution in [3.8, 4) is 0 Å². The average Bonchev–Trinajstić information content (AvgIpc) is 2.75. The molecule has 0 aliphatic rings. The average molecular weight is 213 g/mol. The molecule has 4 nitrogen and oxygen atoms in total. The van der Waals surface area contributed by atoms with Crippen molar-refractivity contribution in [2.75, 3.05) is 26.8 Å². The molecule has 0 aromatic carbocycles. The summed E-state index contributed by atoms with van der Waals surface area (Å²) >= 11 is 0. The quantitative estimate of drug-likeness (QED) is 0.709. The van der Waals surface area contributed by atoms with E-state index in [1.54, 1.807) is 13.4 Å². The van der Waals surface area contributed by atoms with Crippen LogP contribution in [0.1, 0.15) is 12.7 Å². The zero-order chi connectivity index (χ0) is 10.9. The van der Waals surface area contributed by atoms with E-state index >= 15 is 0 Å². The second-order valence-corrected chi connectivity index (χ2v) is 3.28. The molecule has 0 saturated heterocycles. The van der Waals surface area contributed by atoms with Crippen LogP contribution in [0.2, 0.25) is 0 Å². The molecule has 1 atom stereocenters. The van der Waals surface area contributed by atoms with Gasteiger partial charge in [0, 0.05) is 13.7 Å². The third-order valence-electron chi connectivity index (χ3n) is 2.02. The minimum atomic E-state index is 0.0695. The van der Waals surface area contributed by atoms with E-state index in [2.05, 4.69) is 12.2 Å². The minimum absolute atomic E-state index is 0.0695. The molecule has 0 spiro atoms. The van der Waals surface area contributed by atoms with Crippen LogP contribution in [0.5, 0.6) is 0 Å². The van der Waals surface area contributed by atoms with Crippen LogP contribution >= 0.6 is 0 Å². The molecule has 1 N–H and O–H groups in total. The van der Waals surface area contributed by atoms with E-state index in [1.165, 1.54) is 0 Å². The zero-order valence-corrected chi connectivity index (χ0v) is 9.36. The maximum absolute atomic E-state index is 5.65. The van der Waals surface area contributed by atoms with Gasteiger partial charge in [-0.05, 0) is 18.7 Å². The van der Waals surface area contributed by atoms with Crippen molar-refractivity contribution in [1.82, 2.24) is 5.32 Å². The van der Waals surface area contributed by atoms with Crippen LogP contribution in [0, 0.1) is 0 Å². The second kappa shape index (κ2) is 7.45. The van der Waals surface area contributed by atoms with E-state index in [-0.39, 0.29) is 6.10 Å². The van der Waals surface area contributed by atoms with Crippen molar-refractivity contribution in [3.63, 3.8) is 0 Å². The van der Waals surface area contributed by atoms with E-state index in [1.807, 2.05) is 12.1 Å². The SMILES string of the molecule is CCNCC(COC)OCc1ccco1. The summed E-state index contributed by atoms with van der Waals surface area (Å²) in [6, 6.07) is 3.76. The highest BCUT2D eigenvalue weighted by Crippen LogP contribution is 2.04. The first-order valence-electron chi connectivity index (χ1n) is 5.20. The number of hydrogen-bond acceptors (Lipinski definition) is 4. The number of rotatable bonds is 8. The van der Waals surface area contributed by atoms with Crippen LogP contribution in [0.25, 0.3) is 0 Å². The van der Waals surface area contributed by atoms with E-state index in [0.717, 1.165) is 18.8 Å². The third-order valence-corrected chi connectivity index (χ3v) is 2.02.